The third kappa shape index (κ3) is 1.93. The summed E-state index contributed by atoms with van der Waals surface area (Å²) in [6, 6.07) is 5.91. The van der Waals surface area contributed by atoms with E-state index in [-0.39, 0.29) is 34.1 Å². The van der Waals surface area contributed by atoms with Crippen LogP contribution in [-0.4, -0.2) is 20.4 Å². The molecule has 4 N–H and O–H groups in total. The first-order chi connectivity index (χ1) is 8.40. The molecular formula is C14H14O4. The number of phenolic OH excluding ortho intramolecular Hbond substituents is 4. The van der Waals surface area contributed by atoms with Gasteiger partial charge < -0.3 is 20.4 Å². The van der Waals surface area contributed by atoms with Gasteiger partial charge in [0.05, 0.1) is 5.56 Å². The van der Waals surface area contributed by atoms with Gasteiger partial charge in [-0.2, -0.15) is 0 Å². The molecule has 94 valence electrons. The van der Waals surface area contributed by atoms with Crippen molar-refractivity contribution in [2.24, 2.45) is 0 Å². The van der Waals surface area contributed by atoms with Crippen LogP contribution in [-0.2, 0) is 0 Å². The second-order valence-electron chi connectivity index (χ2n) is 4.32. The number of phenols is 4. The molecule has 2 aromatic rings. The molecule has 0 aliphatic carbocycles. The number of hydrogen-bond acceptors (Lipinski definition) is 4. The molecule has 0 saturated heterocycles. The fraction of sp³-hybridized carbons (Fsp3) is 0.143. The highest BCUT2D eigenvalue weighted by molar-refractivity contribution is 5.80. The van der Waals surface area contributed by atoms with Crippen molar-refractivity contribution in [2.75, 3.05) is 0 Å². The molecule has 0 atom stereocenters. The van der Waals surface area contributed by atoms with E-state index in [1.807, 2.05) is 0 Å². The van der Waals surface area contributed by atoms with Crippen molar-refractivity contribution in [3.8, 4) is 34.1 Å². The van der Waals surface area contributed by atoms with Crippen molar-refractivity contribution in [3.05, 3.63) is 35.4 Å². The lowest BCUT2D eigenvalue weighted by Crippen LogP contribution is -1.86. The van der Waals surface area contributed by atoms with Crippen LogP contribution in [0.3, 0.4) is 0 Å². The van der Waals surface area contributed by atoms with Gasteiger partial charge in [-0.15, -0.1) is 0 Å². The zero-order chi connectivity index (χ0) is 13.4. The summed E-state index contributed by atoms with van der Waals surface area (Å²) < 4.78 is 0. The van der Waals surface area contributed by atoms with Crippen LogP contribution in [0.2, 0.25) is 0 Å². The number of benzene rings is 2. The minimum Gasteiger partial charge on any atom is -0.508 e. The molecule has 0 fully saturated rings. The number of rotatable bonds is 1. The van der Waals surface area contributed by atoms with E-state index in [0.29, 0.717) is 5.56 Å². The molecule has 2 aromatic carbocycles. The fourth-order valence-corrected chi connectivity index (χ4v) is 1.93. The molecule has 0 radical (unpaired) electrons. The van der Waals surface area contributed by atoms with Crippen LogP contribution in [0, 0.1) is 13.8 Å². The van der Waals surface area contributed by atoms with Crippen LogP contribution >= 0.6 is 0 Å². The van der Waals surface area contributed by atoms with E-state index in [4.69, 9.17) is 0 Å². The van der Waals surface area contributed by atoms with Gasteiger partial charge in [-0.25, -0.2) is 0 Å². The van der Waals surface area contributed by atoms with Crippen molar-refractivity contribution >= 4 is 0 Å². The van der Waals surface area contributed by atoms with Crippen molar-refractivity contribution < 1.29 is 20.4 Å². The molecule has 0 aromatic heterocycles. The van der Waals surface area contributed by atoms with E-state index < -0.39 is 0 Å². The predicted molar refractivity (Wildman–Crippen MR) is 68.0 cm³/mol. The first-order valence-electron chi connectivity index (χ1n) is 5.45. The molecule has 0 unspecified atom stereocenters. The largest absolute Gasteiger partial charge is 0.508 e. The fourth-order valence-electron chi connectivity index (χ4n) is 1.93. The Morgan fingerprint density at radius 3 is 2.06 bits per heavy atom. The van der Waals surface area contributed by atoms with Gasteiger partial charge in [-0.05, 0) is 37.1 Å². The zero-order valence-electron chi connectivity index (χ0n) is 10.1. The molecule has 0 spiro atoms. The van der Waals surface area contributed by atoms with Crippen LogP contribution in [0.1, 0.15) is 11.1 Å². The Morgan fingerprint density at radius 1 is 0.778 bits per heavy atom. The van der Waals surface area contributed by atoms with Crippen molar-refractivity contribution in [3.63, 3.8) is 0 Å². The van der Waals surface area contributed by atoms with E-state index in [2.05, 4.69) is 0 Å². The quantitative estimate of drug-likeness (QED) is 0.623. The lowest BCUT2D eigenvalue weighted by Gasteiger charge is -2.12. The molecule has 0 amide bonds. The molecule has 4 heteroatoms. The second kappa shape index (κ2) is 4.14. The van der Waals surface area contributed by atoms with Crippen LogP contribution in [0.25, 0.3) is 11.1 Å². The molecule has 0 heterocycles. The van der Waals surface area contributed by atoms with E-state index in [1.54, 1.807) is 26.0 Å². The summed E-state index contributed by atoms with van der Waals surface area (Å²) in [7, 11) is 0. The van der Waals surface area contributed by atoms with Crippen molar-refractivity contribution in [2.45, 2.75) is 13.8 Å². The van der Waals surface area contributed by atoms with E-state index in [1.165, 1.54) is 12.1 Å². The normalized spacial score (nSPS) is 10.6. The summed E-state index contributed by atoms with van der Waals surface area (Å²) in [6.07, 6.45) is 0. The maximum Gasteiger partial charge on any atom is 0.133 e. The minimum absolute atomic E-state index is 0.0505. The summed E-state index contributed by atoms with van der Waals surface area (Å²) in [6.45, 7) is 3.34. The van der Waals surface area contributed by atoms with E-state index >= 15 is 0 Å². The van der Waals surface area contributed by atoms with Gasteiger partial charge in [0.25, 0.3) is 0 Å². The van der Waals surface area contributed by atoms with Gasteiger partial charge in [-0.1, -0.05) is 6.07 Å². The summed E-state index contributed by atoms with van der Waals surface area (Å²) in [5, 5.41) is 38.9. The van der Waals surface area contributed by atoms with Crippen LogP contribution in [0.4, 0.5) is 0 Å². The van der Waals surface area contributed by atoms with E-state index in [9.17, 15) is 20.4 Å². The van der Waals surface area contributed by atoms with E-state index in [0.717, 1.165) is 5.56 Å². The Morgan fingerprint density at radius 2 is 1.44 bits per heavy atom. The Bertz CT molecular complexity index is 597. The highest BCUT2D eigenvalue weighted by atomic mass is 16.3. The standard InChI is InChI=1S/C14H14O4/c1-7-3-9(5-10(15)4-7)13-12(17)6-11(16)8(2)14(13)18/h3-6,15-18H,1-2H3. The molecule has 0 saturated carbocycles. The maximum absolute atomic E-state index is 9.99. The monoisotopic (exact) mass is 246 g/mol. The number of aryl methyl sites for hydroxylation is 1. The maximum atomic E-state index is 9.99. The average Bonchev–Trinajstić information content (AvgIpc) is 2.24. The highest BCUT2D eigenvalue weighted by Gasteiger charge is 2.16. The zero-order valence-corrected chi connectivity index (χ0v) is 10.1. The minimum atomic E-state index is -0.236. The smallest absolute Gasteiger partial charge is 0.133 e. The topological polar surface area (TPSA) is 80.9 Å². The van der Waals surface area contributed by atoms with Gasteiger partial charge >= 0.3 is 0 Å². The Kier molecular flexibility index (Phi) is 2.79. The summed E-state index contributed by atoms with van der Waals surface area (Å²) in [4.78, 5) is 0. The molecule has 0 bridgehead atoms. The predicted octanol–water partition coefficient (Wildman–Crippen LogP) is 2.79. The highest BCUT2D eigenvalue weighted by Crippen LogP contribution is 2.44. The third-order valence-corrected chi connectivity index (χ3v) is 2.86. The van der Waals surface area contributed by atoms with Gasteiger partial charge in [0.15, 0.2) is 0 Å². The molecule has 2 rings (SSSR count). The molecule has 18 heavy (non-hydrogen) atoms. The first-order valence-corrected chi connectivity index (χ1v) is 5.45. The molecule has 4 nitrogen and oxygen atoms in total. The molecule has 0 aliphatic heterocycles. The third-order valence-electron chi connectivity index (χ3n) is 2.86. The lowest BCUT2D eigenvalue weighted by atomic mass is 9.98. The Labute approximate surface area is 104 Å². The Hall–Kier alpha value is -2.36. The first kappa shape index (κ1) is 12.1. The summed E-state index contributed by atoms with van der Waals surface area (Å²) >= 11 is 0. The van der Waals surface area contributed by atoms with Crippen molar-refractivity contribution in [1.29, 1.82) is 0 Å². The van der Waals surface area contributed by atoms with Gasteiger partial charge in [0.2, 0.25) is 0 Å². The summed E-state index contributed by atoms with van der Waals surface area (Å²) in [5.74, 6) is -0.557. The SMILES string of the molecule is Cc1cc(O)cc(-c2c(O)cc(O)c(C)c2O)c1. The van der Waals surface area contributed by atoms with Gasteiger partial charge in [0.1, 0.15) is 23.0 Å². The van der Waals surface area contributed by atoms with Gasteiger partial charge in [-0.3, -0.25) is 0 Å². The van der Waals surface area contributed by atoms with Crippen LogP contribution in [0.5, 0.6) is 23.0 Å². The van der Waals surface area contributed by atoms with Gasteiger partial charge in [0, 0.05) is 11.6 Å². The van der Waals surface area contributed by atoms with Crippen LogP contribution in [0.15, 0.2) is 24.3 Å². The number of hydrogen-bond donors (Lipinski definition) is 4. The van der Waals surface area contributed by atoms with Crippen LogP contribution < -0.4 is 0 Å². The lowest BCUT2D eigenvalue weighted by molar-refractivity contribution is 0.425. The Balaban J connectivity index is 2.75. The second-order valence-corrected chi connectivity index (χ2v) is 4.32. The molecule has 0 aliphatic rings. The molecular weight excluding hydrogens is 232 g/mol. The summed E-state index contributed by atoms with van der Waals surface area (Å²) in [5.41, 5.74) is 1.77. The average molecular weight is 246 g/mol. The van der Waals surface area contributed by atoms with Crippen molar-refractivity contribution in [1.82, 2.24) is 0 Å². The number of aromatic hydroxyl groups is 4.